The molecule has 0 aromatic heterocycles. The summed E-state index contributed by atoms with van der Waals surface area (Å²) in [7, 11) is 0. The number of hydrogen-bond donors (Lipinski definition) is 0. The number of rotatable bonds is 9. The van der Waals surface area contributed by atoms with Gasteiger partial charge in [-0.3, -0.25) is 0 Å². The Morgan fingerprint density at radius 2 is 0.933 bits per heavy atom. The van der Waals surface area contributed by atoms with Crippen LogP contribution in [0.15, 0.2) is 0 Å². The average molecular weight is 401 g/mol. The van der Waals surface area contributed by atoms with Gasteiger partial charge < -0.3 is 19.8 Å². The molecule has 0 aliphatic carbocycles. The summed E-state index contributed by atoms with van der Waals surface area (Å²) in [4.78, 5) is 20.1. The molecule has 0 unspecified atom stereocenters. The fourth-order valence-electron chi connectivity index (χ4n) is 1.25. The summed E-state index contributed by atoms with van der Waals surface area (Å²) in [6, 6.07) is 0. The van der Waals surface area contributed by atoms with Crippen molar-refractivity contribution >= 4 is 11.9 Å². The molecule has 15 heavy (non-hydrogen) atoms. The Morgan fingerprint density at radius 3 is 1.20 bits per heavy atom. The van der Waals surface area contributed by atoms with Crippen LogP contribution in [-0.2, 0) is 37.3 Å². The normalized spacial score (nSPS) is 9.33. The Morgan fingerprint density at radius 1 is 0.667 bits per heavy atom. The Balaban J connectivity index is 0. The SMILES string of the molecule is O=C([O-])CCCCCCCCC(=O)[O-].[Hg+2]. The fourth-order valence-corrected chi connectivity index (χ4v) is 1.25. The number of carbonyl (C=O) groups is 2. The molecule has 0 aliphatic rings. The molecular formula is C10H16HgO4. The molecule has 0 aliphatic heterocycles. The van der Waals surface area contributed by atoms with Gasteiger partial charge in [0.15, 0.2) is 0 Å². The first-order chi connectivity index (χ1) is 6.63. The second-order valence-corrected chi connectivity index (χ2v) is 3.37. The minimum Gasteiger partial charge on any atom is -0.550 e. The van der Waals surface area contributed by atoms with E-state index in [-0.39, 0.29) is 40.5 Å². The number of carboxylic acids is 2. The van der Waals surface area contributed by atoms with Crippen LogP contribution in [0.1, 0.15) is 51.4 Å². The van der Waals surface area contributed by atoms with Crippen LogP contribution in [-0.4, -0.2) is 11.9 Å². The van der Waals surface area contributed by atoms with E-state index < -0.39 is 11.9 Å². The van der Waals surface area contributed by atoms with E-state index in [0.29, 0.717) is 12.8 Å². The maximum absolute atomic E-state index is 10.0. The van der Waals surface area contributed by atoms with Gasteiger partial charge in [-0.25, -0.2) is 0 Å². The van der Waals surface area contributed by atoms with Gasteiger partial charge in [0.1, 0.15) is 0 Å². The first-order valence-corrected chi connectivity index (χ1v) is 5.02. The molecular weight excluding hydrogens is 385 g/mol. The molecule has 0 saturated carbocycles. The zero-order valence-electron chi connectivity index (χ0n) is 9.00. The van der Waals surface area contributed by atoms with Crippen molar-refractivity contribution in [3.63, 3.8) is 0 Å². The number of carboxylic acid groups (broad SMARTS) is 2. The van der Waals surface area contributed by atoms with Crippen LogP contribution in [0, 0.1) is 0 Å². The fraction of sp³-hybridized carbons (Fsp3) is 0.800. The molecule has 82 valence electrons. The number of aliphatic carboxylic acids is 2. The van der Waals surface area contributed by atoms with Crippen LogP contribution in [0.25, 0.3) is 0 Å². The summed E-state index contributed by atoms with van der Waals surface area (Å²) in [5.74, 6) is -2.00. The third-order valence-electron chi connectivity index (χ3n) is 2.01. The summed E-state index contributed by atoms with van der Waals surface area (Å²) in [5.41, 5.74) is 0. The predicted molar refractivity (Wildman–Crippen MR) is 47.0 cm³/mol. The summed E-state index contributed by atoms with van der Waals surface area (Å²) < 4.78 is 0. The molecule has 0 saturated heterocycles. The minimum absolute atomic E-state index is 0. The third-order valence-corrected chi connectivity index (χ3v) is 2.01. The van der Waals surface area contributed by atoms with Crippen molar-refractivity contribution in [3.05, 3.63) is 0 Å². The monoisotopic (exact) mass is 402 g/mol. The Kier molecular flexibility index (Phi) is 13.8. The van der Waals surface area contributed by atoms with Crippen molar-refractivity contribution in [2.75, 3.05) is 0 Å². The van der Waals surface area contributed by atoms with E-state index in [1.54, 1.807) is 0 Å². The molecule has 0 spiro atoms. The summed E-state index contributed by atoms with van der Waals surface area (Å²) >= 11 is 0. The number of unbranched alkanes of at least 4 members (excludes halogenated alkanes) is 5. The van der Waals surface area contributed by atoms with Gasteiger partial charge in [0.05, 0.1) is 0 Å². The summed E-state index contributed by atoms with van der Waals surface area (Å²) in [5, 5.41) is 20.1. The van der Waals surface area contributed by atoms with Crippen molar-refractivity contribution in [1.82, 2.24) is 0 Å². The third kappa shape index (κ3) is 16.5. The topological polar surface area (TPSA) is 80.3 Å². The zero-order chi connectivity index (χ0) is 10.8. The predicted octanol–water partition coefficient (Wildman–Crippen LogP) is -0.396. The van der Waals surface area contributed by atoms with Gasteiger partial charge in [0.2, 0.25) is 0 Å². The van der Waals surface area contributed by atoms with E-state index in [0.717, 1.165) is 25.7 Å². The molecule has 0 atom stereocenters. The van der Waals surface area contributed by atoms with E-state index in [2.05, 4.69) is 0 Å². The molecule has 0 aromatic rings. The van der Waals surface area contributed by atoms with E-state index in [9.17, 15) is 19.8 Å². The van der Waals surface area contributed by atoms with E-state index in [4.69, 9.17) is 0 Å². The molecule has 5 heteroatoms. The zero-order valence-corrected chi connectivity index (χ0v) is 14.5. The second kappa shape index (κ2) is 11.9. The van der Waals surface area contributed by atoms with Crippen molar-refractivity contribution in [2.24, 2.45) is 0 Å². The molecule has 0 fully saturated rings. The first-order valence-electron chi connectivity index (χ1n) is 5.02. The summed E-state index contributed by atoms with van der Waals surface area (Å²) in [6.07, 6.45) is 5.23. The molecule has 0 aromatic carbocycles. The van der Waals surface area contributed by atoms with Crippen LogP contribution in [0.4, 0.5) is 0 Å². The molecule has 0 N–H and O–H groups in total. The Bertz CT molecular complexity index is 162. The smallest absolute Gasteiger partial charge is 0.550 e. The van der Waals surface area contributed by atoms with Crippen LogP contribution >= 0.6 is 0 Å². The van der Waals surface area contributed by atoms with Gasteiger partial charge >= 0.3 is 27.7 Å². The molecule has 0 radical (unpaired) electrons. The Labute approximate surface area is 111 Å². The number of hydrogen-bond acceptors (Lipinski definition) is 4. The van der Waals surface area contributed by atoms with E-state index in [1.807, 2.05) is 0 Å². The van der Waals surface area contributed by atoms with Gasteiger partial charge in [0.25, 0.3) is 0 Å². The van der Waals surface area contributed by atoms with Crippen LogP contribution < -0.4 is 10.2 Å². The molecule has 0 amide bonds. The minimum atomic E-state index is -0.998. The quantitative estimate of drug-likeness (QED) is 0.390. The standard InChI is InChI=1S/C10H18O4.Hg/c11-9(12)7-5-3-1-2-4-6-8-10(13)14;/h1-8H2,(H,11,12)(H,13,14);/q;+2/p-2. The number of carbonyl (C=O) groups excluding carboxylic acids is 2. The maximum Gasteiger partial charge on any atom is 2.00 e. The van der Waals surface area contributed by atoms with Gasteiger partial charge in [-0.05, 0) is 25.7 Å². The Hall–Kier alpha value is -0.125. The largest absolute Gasteiger partial charge is 2.00 e. The van der Waals surface area contributed by atoms with E-state index >= 15 is 0 Å². The van der Waals surface area contributed by atoms with Gasteiger partial charge in [-0.2, -0.15) is 0 Å². The van der Waals surface area contributed by atoms with Crippen LogP contribution in [0.2, 0.25) is 0 Å². The van der Waals surface area contributed by atoms with Gasteiger partial charge in [-0.1, -0.05) is 25.7 Å². The van der Waals surface area contributed by atoms with Crippen LogP contribution in [0.3, 0.4) is 0 Å². The van der Waals surface area contributed by atoms with Crippen molar-refractivity contribution in [2.45, 2.75) is 51.4 Å². The van der Waals surface area contributed by atoms with Crippen molar-refractivity contribution in [3.8, 4) is 0 Å². The van der Waals surface area contributed by atoms with Gasteiger partial charge in [0, 0.05) is 11.9 Å². The molecule has 4 nitrogen and oxygen atoms in total. The second-order valence-electron chi connectivity index (χ2n) is 3.37. The van der Waals surface area contributed by atoms with Crippen molar-refractivity contribution < 1.29 is 47.5 Å². The molecule has 0 heterocycles. The molecule has 0 bridgehead atoms. The molecule has 0 rings (SSSR count). The van der Waals surface area contributed by atoms with E-state index in [1.165, 1.54) is 0 Å². The maximum atomic E-state index is 10.0. The summed E-state index contributed by atoms with van der Waals surface area (Å²) in [6.45, 7) is 0. The van der Waals surface area contributed by atoms with Crippen molar-refractivity contribution in [1.29, 1.82) is 0 Å². The first kappa shape index (κ1) is 17.3. The average Bonchev–Trinajstić information content (AvgIpc) is 2.08. The van der Waals surface area contributed by atoms with Crippen LogP contribution in [0.5, 0.6) is 0 Å². The van der Waals surface area contributed by atoms with Gasteiger partial charge in [-0.15, -0.1) is 0 Å².